The zero-order valence-corrected chi connectivity index (χ0v) is 15.4. The summed E-state index contributed by atoms with van der Waals surface area (Å²) < 4.78 is 5.39. The average Bonchev–Trinajstić information content (AvgIpc) is 2.73. The van der Waals surface area contributed by atoms with Crippen molar-refractivity contribution in [1.29, 1.82) is 0 Å². The first-order valence-corrected chi connectivity index (χ1v) is 9.60. The third-order valence-electron chi connectivity index (χ3n) is 5.39. The number of aromatic nitrogens is 3. The number of nitrogens with one attached hydrogen (secondary N) is 1. The van der Waals surface area contributed by atoms with Gasteiger partial charge in [0.1, 0.15) is 0 Å². The number of ketones is 1. The van der Waals surface area contributed by atoms with Crippen molar-refractivity contribution in [3.05, 3.63) is 51.9 Å². The summed E-state index contributed by atoms with van der Waals surface area (Å²) in [5.74, 6) is 0.556. The molecule has 0 spiro atoms. The first-order chi connectivity index (χ1) is 13.7. The van der Waals surface area contributed by atoms with Gasteiger partial charge in [-0.05, 0) is 18.4 Å². The van der Waals surface area contributed by atoms with E-state index in [4.69, 9.17) is 4.74 Å². The number of fused-ring (bicyclic) bond motifs is 2. The van der Waals surface area contributed by atoms with Crippen LogP contribution >= 0.6 is 0 Å². The van der Waals surface area contributed by atoms with E-state index < -0.39 is 0 Å². The van der Waals surface area contributed by atoms with Crippen molar-refractivity contribution in [3.63, 3.8) is 0 Å². The van der Waals surface area contributed by atoms with Crippen LogP contribution in [-0.2, 0) is 11.2 Å². The number of morpholine rings is 1. The lowest BCUT2D eigenvalue weighted by Gasteiger charge is -2.27. The summed E-state index contributed by atoms with van der Waals surface area (Å²) in [6, 6.07) is 9.58. The Morgan fingerprint density at radius 3 is 2.54 bits per heavy atom. The van der Waals surface area contributed by atoms with Gasteiger partial charge in [0.25, 0.3) is 5.56 Å². The minimum Gasteiger partial charge on any atom is -0.378 e. The fourth-order valence-electron chi connectivity index (χ4n) is 4.05. The molecular formula is C21H20N4O3. The smallest absolute Gasteiger partial charge is 0.262 e. The molecule has 2 aromatic heterocycles. The summed E-state index contributed by atoms with van der Waals surface area (Å²) in [7, 11) is 0. The van der Waals surface area contributed by atoms with Crippen LogP contribution in [0.15, 0.2) is 35.1 Å². The lowest BCUT2D eigenvalue weighted by Crippen LogP contribution is -2.38. The van der Waals surface area contributed by atoms with E-state index in [1.54, 1.807) is 0 Å². The van der Waals surface area contributed by atoms with Crippen molar-refractivity contribution in [2.45, 2.75) is 19.3 Å². The highest BCUT2D eigenvalue weighted by Gasteiger charge is 2.27. The molecule has 1 fully saturated rings. The molecule has 7 heteroatoms. The Hall–Kier alpha value is -3.06. The van der Waals surface area contributed by atoms with Gasteiger partial charge in [-0.15, -0.1) is 0 Å². The first-order valence-electron chi connectivity index (χ1n) is 9.60. The van der Waals surface area contributed by atoms with Crippen LogP contribution in [0, 0.1) is 0 Å². The average molecular weight is 376 g/mol. The van der Waals surface area contributed by atoms with E-state index >= 15 is 0 Å². The molecule has 1 N–H and O–H groups in total. The Bertz CT molecular complexity index is 1120. The third kappa shape index (κ3) is 2.79. The van der Waals surface area contributed by atoms with Gasteiger partial charge in [0, 0.05) is 30.6 Å². The number of ether oxygens (including phenoxy) is 1. The first kappa shape index (κ1) is 17.1. The Morgan fingerprint density at radius 1 is 0.964 bits per heavy atom. The lowest BCUT2D eigenvalue weighted by molar-refractivity contribution is 0.0972. The second-order valence-corrected chi connectivity index (χ2v) is 7.14. The number of carbonyl (C=O) groups excluding carboxylic acids is 1. The standard InChI is InChI=1S/C21H20N4O3/c26-15-8-4-7-14-17(15)16(13-5-2-1-3-6-13)18-19(22-14)23-21(24-20(18)27)25-9-11-28-12-10-25/h1-3,5-6H,4,7-12H2,(H,22,23,24,27). The van der Waals surface area contributed by atoms with Crippen LogP contribution in [0.2, 0.25) is 0 Å². The number of anilines is 1. The van der Waals surface area contributed by atoms with Crippen LogP contribution < -0.4 is 10.5 Å². The molecule has 0 saturated carbocycles. The molecule has 1 aliphatic heterocycles. The van der Waals surface area contributed by atoms with Gasteiger partial charge < -0.3 is 9.64 Å². The van der Waals surface area contributed by atoms with E-state index in [1.165, 1.54) is 0 Å². The number of aromatic amines is 1. The molecule has 0 amide bonds. The van der Waals surface area contributed by atoms with Gasteiger partial charge in [0.15, 0.2) is 11.4 Å². The Kier molecular flexibility index (Phi) is 4.16. The van der Waals surface area contributed by atoms with Gasteiger partial charge in [0.05, 0.1) is 24.3 Å². The molecule has 5 rings (SSSR count). The van der Waals surface area contributed by atoms with Gasteiger partial charge in [-0.1, -0.05) is 30.3 Å². The highest BCUT2D eigenvalue weighted by atomic mass is 16.5. The predicted molar refractivity (Wildman–Crippen MR) is 106 cm³/mol. The van der Waals surface area contributed by atoms with Crippen molar-refractivity contribution < 1.29 is 9.53 Å². The summed E-state index contributed by atoms with van der Waals surface area (Å²) in [6.45, 7) is 2.54. The monoisotopic (exact) mass is 376 g/mol. The number of nitrogens with zero attached hydrogens (tertiary/aromatic N) is 3. The van der Waals surface area contributed by atoms with E-state index in [-0.39, 0.29) is 11.3 Å². The maximum Gasteiger partial charge on any atom is 0.262 e. The zero-order valence-electron chi connectivity index (χ0n) is 15.4. The molecule has 0 radical (unpaired) electrons. The van der Waals surface area contributed by atoms with Crippen LogP contribution in [0.3, 0.4) is 0 Å². The summed E-state index contributed by atoms with van der Waals surface area (Å²) in [4.78, 5) is 40.1. The molecule has 2 aliphatic rings. The molecule has 142 valence electrons. The molecule has 1 saturated heterocycles. The van der Waals surface area contributed by atoms with Gasteiger partial charge >= 0.3 is 0 Å². The summed E-state index contributed by atoms with van der Waals surface area (Å²) in [5, 5.41) is 0.386. The van der Waals surface area contributed by atoms with Gasteiger partial charge in [-0.2, -0.15) is 4.98 Å². The lowest BCUT2D eigenvalue weighted by atomic mass is 9.87. The third-order valence-corrected chi connectivity index (χ3v) is 5.39. The quantitative estimate of drug-likeness (QED) is 0.739. The number of hydrogen-bond donors (Lipinski definition) is 1. The fourth-order valence-corrected chi connectivity index (χ4v) is 4.05. The second-order valence-electron chi connectivity index (χ2n) is 7.14. The number of carbonyl (C=O) groups is 1. The van der Waals surface area contributed by atoms with Crippen LogP contribution in [0.25, 0.3) is 22.2 Å². The van der Waals surface area contributed by atoms with Gasteiger partial charge in [-0.3, -0.25) is 14.6 Å². The summed E-state index contributed by atoms with van der Waals surface area (Å²) in [5.41, 5.74) is 2.96. The minimum absolute atomic E-state index is 0.0474. The van der Waals surface area contributed by atoms with Crippen LogP contribution in [0.5, 0.6) is 0 Å². The normalized spacial score (nSPS) is 17.0. The highest BCUT2D eigenvalue weighted by Crippen LogP contribution is 2.34. The van der Waals surface area contributed by atoms with Crippen molar-refractivity contribution >= 4 is 22.8 Å². The van der Waals surface area contributed by atoms with E-state index in [0.717, 1.165) is 24.1 Å². The Morgan fingerprint density at radius 2 is 1.75 bits per heavy atom. The molecule has 7 nitrogen and oxygen atoms in total. The van der Waals surface area contributed by atoms with Crippen LogP contribution in [-0.4, -0.2) is 47.0 Å². The van der Waals surface area contributed by atoms with Gasteiger partial charge in [0.2, 0.25) is 5.95 Å². The Labute approximate surface area is 161 Å². The van der Waals surface area contributed by atoms with Crippen molar-refractivity contribution in [3.8, 4) is 11.1 Å². The molecule has 0 bridgehead atoms. The Balaban J connectivity index is 1.81. The number of aryl methyl sites for hydroxylation is 1. The van der Waals surface area contributed by atoms with E-state index in [9.17, 15) is 9.59 Å². The largest absolute Gasteiger partial charge is 0.378 e. The predicted octanol–water partition coefficient (Wildman–Crippen LogP) is 2.34. The van der Waals surface area contributed by atoms with E-state index in [1.807, 2.05) is 35.2 Å². The second kappa shape index (κ2) is 6.83. The summed E-state index contributed by atoms with van der Waals surface area (Å²) in [6.07, 6.45) is 1.98. The number of pyridine rings is 1. The molecule has 1 aliphatic carbocycles. The topological polar surface area (TPSA) is 88.2 Å². The maximum absolute atomic E-state index is 13.1. The molecular weight excluding hydrogens is 356 g/mol. The summed E-state index contributed by atoms with van der Waals surface area (Å²) >= 11 is 0. The minimum atomic E-state index is -0.265. The molecule has 1 aromatic carbocycles. The molecule has 28 heavy (non-hydrogen) atoms. The van der Waals surface area contributed by atoms with E-state index in [0.29, 0.717) is 60.8 Å². The molecule has 3 aromatic rings. The number of H-pyrrole nitrogens is 1. The highest BCUT2D eigenvalue weighted by molar-refractivity contribution is 6.10. The fraction of sp³-hybridized carbons (Fsp3) is 0.333. The zero-order chi connectivity index (χ0) is 19.1. The van der Waals surface area contributed by atoms with Gasteiger partial charge in [-0.25, -0.2) is 4.98 Å². The van der Waals surface area contributed by atoms with Crippen LogP contribution in [0.1, 0.15) is 28.9 Å². The van der Waals surface area contributed by atoms with Crippen molar-refractivity contribution in [2.24, 2.45) is 0 Å². The number of rotatable bonds is 2. The molecule has 3 heterocycles. The number of hydrogen-bond acceptors (Lipinski definition) is 6. The maximum atomic E-state index is 13.1. The molecule has 0 atom stereocenters. The van der Waals surface area contributed by atoms with Crippen LogP contribution in [0.4, 0.5) is 5.95 Å². The van der Waals surface area contributed by atoms with Crippen molar-refractivity contribution in [2.75, 3.05) is 31.2 Å². The SMILES string of the molecule is O=C1CCCc2nc3nc(N4CCOCC4)[nH]c(=O)c3c(-c3ccccc3)c21. The van der Waals surface area contributed by atoms with E-state index in [2.05, 4.69) is 15.0 Å². The molecule has 0 unspecified atom stereocenters. The number of Topliss-reactive ketones (excluding diaryl/α,β-unsaturated/α-hetero) is 1. The van der Waals surface area contributed by atoms with Crippen molar-refractivity contribution in [1.82, 2.24) is 15.0 Å². The number of benzene rings is 1.